The number of urea groups is 1. The summed E-state index contributed by atoms with van der Waals surface area (Å²) in [5, 5.41) is 5.71. The number of anilines is 1. The SMILES string of the molecule is Nc1cc(Cl)ccc1C(=O)OCC(=O)NC(=O)NC12CC3CC(CC(C3)C1)C2. The van der Waals surface area contributed by atoms with Crippen molar-refractivity contribution in [3.8, 4) is 0 Å². The molecule has 0 aromatic heterocycles. The van der Waals surface area contributed by atoms with Crippen LogP contribution < -0.4 is 16.4 Å². The molecule has 0 aliphatic heterocycles. The van der Waals surface area contributed by atoms with Crippen LogP contribution in [0, 0.1) is 17.8 Å². The van der Waals surface area contributed by atoms with Gasteiger partial charge in [0.15, 0.2) is 6.61 Å². The number of nitrogen functional groups attached to an aromatic ring is 1. The Hall–Kier alpha value is -2.28. The van der Waals surface area contributed by atoms with E-state index < -0.39 is 24.5 Å². The Kier molecular flexibility index (Phi) is 4.95. The summed E-state index contributed by atoms with van der Waals surface area (Å²) in [6.07, 6.45) is 6.78. The van der Waals surface area contributed by atoms with Crippen LogP contribution in [-0.2, 0) is 9.53 Å². The van der Waals surface area contributed by atoms with Gasteiger partial charge in [-0.3, -0.25) is 10.1 Å². The zero-order valence-electron chi connectivity index (χ0n) is 15.5. The van der Waals surface area contributed by atoms with Gasteiger partial charge >= 0.3 is 12.0 Å². The second-order valence-electron chi connectivity index (χ2n) is 8.51. The topological polar surface area (TPSA) is 111 Å². The van der Waals surface area contributed by atoms with E-state index in [0.29, 0.717) is 22.8 Å². The number of nitrogens with two attached hydrogens (primary N) is 1. The summed E-state index contributed by atoms with van der Waals surface area (Å²) in [6.45, 7) is -0.560. The second-order valence-corrected chi connectivity index (χ2v) is 8.94. The standard InChI is InChI=1S/C20H24ClN3O4/c21-14-1-2-15(16(22)6-14)18(26)28-10-17(25)23-19(27)24-20-7-11-3-12(8-20)5-13(4-11)9-20/h1-2,6,11-13H,3-5,7-10,22H2,(H2,23,24,25,27). The Labute approximate surface area is 168 Å². The summed E-state index contributed by atoms with van der Waals surface area (Å²) in [6, 6.07) is 3.84. The number of carbonyl (C=O) groups is 3. The lowest BCUT2D eigenvalue weighted by Crippen LogP contribution is -2.62. The molecular formula is C20H24ClN3O4. The lowest BCUT2D eigenvalue weighted by Gasteiger charge is -2.56. The predicted molar refractivity (Wildman–Crippen MR) is 104 cm³/mol. The van der Waals surface area contributed by atoms with Crippen LogP contribution in [0.15, 0.2) is 18.2 Å². The third-order valence-corrected chi connectivity index (χ3v) is 6.47. The third kappa shape index (κ3) is 3.94. The van der Waals surface area contributed by atoms with Crippen molar-refractivity contribution in [3.05, 3.63) is 28.8 Å². The highest BCUT2D eigenvalue weighted by Gasteiger charge is 2.51. The lowest BCUT2D eigenvalue weighted by molar-refractivity contribution is -0.123. The minimum Gasteiger partial charge on any atom is -0.452 e. The molecule has 0 unspecified atom stereocenters. The molecule has 4 fully saturated rings. The fraction of sp³-hybridized carbons (Fsp3) is 0.550. The van der Waals surface area contributed by atoms with E-state index in [2.05, 4.69) is 10.6 Å². The number of carbonyl (C=O) groups excluding carboxylic acids is 3. The molecule has 1 aromatic rings. The summed E-state index contributed by atoms with van der Waals surface area (Å²) >= 11 is 5.79. The fourth-order valence-corrected chi connectivity index (χ4v) is 5.81. The number of imide groups is 1. The molecule has 0 atom stereocenters. The van der Waals surface area contributed by atoms with Crippen LogP contribution in [0.1, 0.15) is 48.9 Å². The molecule has 5 rings (SSSR count). The van der Waals surface area contributed by atoms with Crippen molar-refractivity contribution >= 4 is 35.2 Å². The van der Waals surface area contributed by atoms with E-state index in [1.54, 1.807) is 0 Å². The number of benzene rings is 1. The summed E-state index contributed by atoms with van der Waals surface area (Å²) in [4.78, 5) is 36.4. The number of amides is 3. The second kappa shape index (κ2) is 7.28. The third-order valence-electron chi connectivity index (χ3n) is 6.24. The van der Waals surface area contributed by atoms with Gasteiger partial charge in [-0.1, -0.05) is 11.6 Å². The number of rotatable bonds is 4. The zero-order chi connectivity index (χ0) is 19.9. The maximum Gasteiger partial charge on any atom is 0.340 e. The molecule has 150 valence electrons. The quantitative estimate of drug-likeness (QED) is 0.527. The Balaban J connectivity index is 1.27. The highest BCUT2D eigenvalue weighted by Crippen LogP contribution is 2.55. The van der Waals surface area contributed by atoms with Crippen molar-refractivity contribution in [2.45, 2.75) is 44.1 Å². The van der Waals surface area contributed by atoms with Crippen molar-refractivity contribution in [2.24, 2.45) is 17.8 Å². The molecule has 0 saturated heterocycles. The first-order valence-electron chi connectivity index (χ1n) is 9.66. The molecular weight excluding hydrogens is 382 g/mol. The molecule has 0 spiro atoms. The van der Waals surface area contributed by atoms with Crippen molar-refractivity contribution in [1.29, 1.82) is 0 Å². The molecule has 4 aliphatic rings. The average Bonchev–Trinajstić information content (AvgIpc) is 2.57. The van der Waals surface area contributed by atoms with Crippen LogP contribution in [0.5, 0.6) is 0 Å². The van der Waals surface area contributed by atoms with Crippen LogP contribution in [-0.4, -0.2) is 30.1 Å². The van der Waals surface area contributed by atoms with Gasteiger partial charge in [-0.15, -0.1) is 0 Å². The van der Waals surface area contributed by atoms with E-state index in [1.807, 2.05) is 0 Å². The molecule has 1 aromatic carbocycles. The predicted octanol–water partition coefficient (Wildman–Crippen LogP) is 2.87. The van der Waals surface area contributed by atoms with Crippen LogP contribution in [0.3, 0.4) is 0 Å². The maximum atomic E-state index is 12.3. The first-order valence-corrected chi connectivity index (χ1v) is 10.0. The van der Waals surface area contributed by atoms with Gasteiger partial charge in [-0.25, -0.2) is 9.59 Å². The number of halogens is 1. The zero-order valence-corrected chi connectivity index (χ0v) is 16.3. The van der Waals surface area contributed by atoms with Gasteiger partial charge in [-0.05, 0) is 74.5 Å². The summed E-state index contributed by atoms with van der Waals surface area (Å²) in [5.74, 6) is 0.642. The molecule has 0 radical (unpaired) electrons. The van der Waals surface area contributed by atoms with Gasteiger partial charge in [0.25, 0.3) is 5.91 Å². The summed E-state index contributed by atoms with van der Waals surface area (Å²) < 4.78 is 4.95. The van der Waals surface area contributed by atoms with Crippen molar-refractivity contribution in [2.75, 3.05) is 12.3 Å². The first-order chi connectivity index (χ1) is 13.3. The van der Waals surface area contributed by atoms with Crippen molar-refractivity contribution < 1.29 is 19.1 Å². The van der Waals surface area contributed by atoms with Gasteiger partial charge in [-0.2, -0.15) is 0 Å². The van der Waals surface area contributed by atoms with E-state index in [4.69, 9.17) is 22.1 Å². The van der Waals surface area contributed by atoms with Gasteiger partial charge < -0.3 is 15.8 Å². The smallest absolute Gasteiger partial charge is 0.340 e. The molecule has 4 aliphatic carbocycles. The normalized spacial score (nSPS) is 30.0. The van der Waals surface area contributed by atoms with Gasteiger partial charge in [0.1, 0.15) is 0 Å². The van der Waals surface area contributed by atoms with Gasteiger partial charge in [0.2, 0.25) is 0 Å². The van der Waals surface area contributed by atoms with Crippen molar-refractivity contribution in [3.63, 3.8) is 0 Å². The van der Waals surface area contributed by atoms with Crippen LogP contribution in [0.4, 0.5) is 10.5 Å². The van der Waals surface area contributed by atoms with Crippen molar-refractivity contribution in [1.82, 2.24) is 10.6 Å². The van der Waals surface area contributed by atoms with Crippen LogP contribution in [0.25, 0.3) is 0 Å². The molecule has 0 heterocycles. The largest absolute Gasteiger partial charge is 0.452 e. The first kappa shape index (κ1) is 19.1. The monoisotopic (exact) mass is 405 g/mol. The molecule has 4 bridgehead atoms. The minimum absolute atomic E-state index is 0.121. The highest BCUT2D eigenvalue weighted by molar-refractivity contribution is 6.31. The maximum absolute atomic E-state index is 12.3. The molecule has 4 saturated carbocycles. The lowest BCUT2D eigenvalue weighted by atomic mass is 9.53. The number of esters is 1. The highest BCUT2D eigenvalue weighted by atomic mass is 35.5. The van der Waals surface area contributed by atoms with E-state index in [1.165, 1.54) is 37.5 Å². The van der Waals surface area contributed by atoms with Crippen LogP contribution >= 0.6 is 11.6 Å². The number of nitrogens with one attached hydrogen (secondary N) is 2. The van der Waals surface area contributed by atoms with Gasteiger partial charge in [0.05, 0.1) is 5.56 Å². The Bertz CT molecular complexity index is 790. The fourth-order valence-electron chi connectivity index (χ4n) is 5.63. The minimum atomic E-state index is -0.745. The number of hydrogen-bond acceptors (Lipinski definition) is 5. The summed E-state index contributed by atoms with van der Waals surface area (Å²) in [7, 11) is 0. The Morgan fingerprint density at radius 3 is 2.29 bits per heavy atom. The van der Waals surface area contributed by atoms with E-state index in [0.717, 1.165) is 19.3 Å². The Morgan fingerprint density at radius 1 is 1.11 bits per heavy atom. The molecule has 7 nitrogen and oxygen atoms in total. The average molecular weight is 406 g/mol. The molecule has 4 N–H and O–H groups in total. The van der Waals surface area contributed by atoms with E-state index in [-0.39, 0.29) is 16.8 Å². The van der Waals surface area contributed by atoms with E-state index >= 15 is 0 Å². The van der Waals surface area contributed by atoms with Gasteiger partial charge in [0, 0.05) is 16.2 Å². The number of ether oxygens (including phenoxy) is 1. The molecule has 8 heteroatoms. The molecule has 3 amide bonds. The number of hydrogen-bond donors (Lipinski definition) is 3. The Morgan fingerprint density at radius 2 is 1.71 bits per heavy atom. The van der Waals surface area contributed by atoms with Crippen LogP contribution in [0.2, 0.25) is 5.02 Å². The molecule has 28 heavy (non-hydrogen) atoms. The van der Waals surface area contributed by atoms with E-state index in [9.17, 15) is 14.4 Å². The summed E-state index contributed by atoms with van der Waals surface area (Å²) in [5.41, 5.74) is 5.82.